The Morgan fingerprint density at radius 1 is 1.33 bits per heavy atom. The summed E-state index contributed by atoms with van der Waals surface area (Å²) in [6.45, 7) is 2.94. The second kappa shape index (κ2) is 7.22. The van der Waals surface area contributed by atoms with Crippen molar-refractivity contribution in [2.45, 2.75) is 44.6 Å². The first-order valence-electron chi connectivity index (χ1n) is 7.78. The van der Waals surface area contributed by atoms with E-state index in [-0.39, 0.29) is 23.8 Å². The van der Waals surface area contributed by atoms with E-state index in [2.05, 4.69) is 10.2 Å². The lowest BCUT2D eigenvalue weighted by atomic mass is 9.79. The van der Waals surface area contributed by atoms with Gasteiger partial charge in [0.15, 0.2) is 0 Å². The van der Waals surface area contributed by atoms with Crippen molar-refractivity contribution < 1.29 is 19.4 Å². The van der Waals surface area contributed by atoms with Crippen LogP contribution in [0.15, 0.2) is 0 Å². The van der Waals surface area contributed by atoms with Crippen LogP contribution in [-0.4, -0.2) is 61.3 Å². The van der Waals surface area contributed by atoms with Gasteiger partial charge in [0.25, 0.3) is 0 Å². The maximum Gasteiger partial charge on any atom is 0.303 e. The zero-order valence-electron chi connectivity index (χ0n) is 12.8. The van der Waals surface area contributed by atoms with Crippen LogP contribution in [-0.2, 0) is 14.3 Å². The minimum Gasteiger partial charge on any atom is -0.481 e. The molecule has 0 aromatic rings. The molecule has 1 saturated heterocycles. The summed E-state index contributed by atoms with van der Waals surface area (Å²) in [5.41, 5.74) is -0.333. The summed E-state index contributed by atoms with van der Waals surface area (Å²) in [6, 6.07) is 0. The third-order valence-electron chi connectivity index (χ3n) is 4.59. The number of hydrogen-bond acceptors (Lipinski definition) is 4. The molecular weight excluding hydrogens is 272 g/mol. The van der Waals surface area contributed by atoms with Crippen molar-refractivity contribution in [2.75, 3.05) is 33.3 Å². The fourth-order valence-corrected chi connectivity index (χ4v) is 3.48. The number of ether oxygens (including phenoxy) is 1. The van der Waals surface area contributed by atoms with Crippen molar-refractivity contribution in [1.82, 2.24) is 10.2 Å². The van der Waals surface area contributed by atoms with Crippen LogP contribution in [0.25, 0.3) is 0 Å². The van der Waals surface area contributed by atoms with E-state index >= 15 is 0 Å². The zero-order valence-corrected chi connectivity index (χ0v) is 12.8. The first-order valence-corrected chi connectivity index (χ1v) is 7.78. The average Bonchev–Trinajstić information content (AvgIpc) is 2.83. The summed E-state index contributed by atoms with van der Waals surface area (Å²) in [5, 5.41) is 12.0. The van der Waals surface area contributed by atoms with Crippen LogP contribution in [0.3, 0.4) is 0 Å². The number of aliphatic carboxylic acids is 1. The Hall–Kier alpha value is -1.14. The number of carboxylic acid groups (broad SMARTS) is 1. The molecule has 1 aliphatic heterocycles. The fourth-order valence-electron chi connectivity index (χ4n) is 3.48. The van der Waals surface area contributed by atoms with Crippen molar-refractivity contribution in [3.63, 3.8) is 0 Å². The van der Waals surface area contributed by atoms with E-state index < -0.39 is 5.97 Å². The van der Waals surface area contributed by atoms with Crippen LogP contribution in [0.1, 0.15) is 38.5 Å². The molecule has 1 unspecified atom stereocenters. The quantitative estimate of drug-likeness (QED) is 0.760. The summed E-state index contributed by atoms with van der Waals surface area (Å²) < 4.78 is 5.61. The highest BCUT2D eigenvalue weighted by Gasteiger charge is 2.38. The molecule has 21 heavy (non-hydrogen) atoms. The predicted octanol–water partition coefficient (Wildman–Crippen LogP) is 0.858. The van der Waals surface area contributed by atoms with Gasteiger partial charge in [-0.25, -0.2) is 0 Å². The Morgan fingerprint density at radius 3 is 2.67 bits per heavy atom. The van der Waals surface area contributed by atoms with Crippen molar-refractivity contribution in [3.05, 3.63) is 0 Å². The molecule has 2 N–H and O–H groups in total. The Bertz CT molecular complexity index is 380. The second-order valence-electron chi connectivity index (χ2n) is 6.51. The first-order chi connectivity index (χ1) is 9.99. The van der Waals surface area contributed by atoms with Gasteiger partial charge in [-0.3, -0.25) is 9.59 Å². The van der Waals surface area contributed by atoms with E-state index in [0.29, 0.717) is 19.6 Å². The molecule has 6 heteroatoms. The van der Waals surface area contributed by atoms with E-state index in [1.165, 1.54) is 0 Å². The van der Waals surface area contributed by atoms with Crippen LogP contribution >= 0.6 is 0 Å². The summed E-state index contributed by atoms with van der Waals surface area (Å²) in [5.74, 6) is -0.850. The van der Waals surface area contributed by atoms with Crippen LogP contribution in [0.5, 0.6) is 0 Å². The van der Waals surface area contributed by atoms with Gasteiger partial charge in [-0.2, -0.15) is 0 Å². The van der Waals surface area contributed by atoms with Crippen molar-refractivity contribution in [3.8, 4) is 0 Å². The van der Waals surface area contributed by atoms with Crippen LogP contribution in [0.2, 0.25) is 0 Å². The SMILES string of the molecule is CN1CCOC(CNC(=O)CC2(CC(=O)O)CCCC2)C1. The van der Waals surface area contributed by atoms with Gasteiger partial charge in [0.2, 0.25) is 5.91 Å². The highest BCUT2D eigenvalue weighted by molar-refractivity contribution is 5.78. The van der Waals surface area contributed by atoms with E-state index in [1.807, 2.05) is 7.05 Å². The monoisotopic (exact) mass is 298 g/mol. The number of likely N-dealkylation sites (N-methyl/N-ethyl adjacent to an activating group) is 1. The average molecular weight is 298 g/mol. The Balaban J connectivity index is 1.78. The molecule has 0 radical (unpaired) electrons. The van der Waals surface area contributed by atoms with E-state index in [9.17, 15) is 9.59 Å². The number of morpholine rings is 1. The highest BCUT2D eigenvalue weighted by atomic mass is 16.5. The van der Waals surface area contributed by atoms with Crippen LogP contribution in [0, 0.1) is 5.41 Å². The number of nitrogens with zero attached hydrogens (tertiary/aromatic N) is 1. The normalized spacial score (nSPS) is 25.7. The minimum atomic E-state index is -0.804. The Labute approximate surface area is 125 Å². The zero-order chi connectivity index (χ0) is 15.3. The summed E-state index contributed by atoms with van der Waals surface area (Å²) >= 11 is 0. The third kappa shape index (κ3) is 4.97. The number of carboxylic acids is 1. The van der Waals surface area contributed by atoms with Gasteiger partial charge in [0.05, 0.1) is 19.1 Å². The van der Waals surface area contributed by atoms with Gasteiger partial charge >= 0.3 is 5.97 Å². The second-order valence-corrected chi connectivity index (χ2v) is 6.51. The van der Waals surface area contributed by atoms with E-state index in [4.69, 9.17) is 9.84 Å². The molecule has 2 rings (SSSR count). The molecule has 1 amide bonds. The molecule has 2 fully saturated rings. The van der Waals surface area contributed by atoms with Gasteiger partial charge in [-0.05, 0) is 25.3 Å². The molecule has 120 valence electrons. The van der Waals surface area contributed by atoms with Gasteiger partial charge in [-0.15, -0.1) is 0 Å². The van der Waals surface area contributed by atoms with Crippen LogP contribution < -0.4 is 5.32 Å². The largest absolute Gasteiger partial charge is 0.481 e. The number of carbonyl (C=O) groups is 2. The lowest BCUT2D eigenvalue weighted by Gasteiger charge is -2.31. The highest BCUT2D eigenvalue weighted by Crippen LogP contribution is 2.43. The lowest BCUT2D eigenvalue weighted by molar-refractivity contribution is -0.140. The molecule has 0 bridgehead atoms. The van der Waals surface area contributed by atoms with E-state index in [0.717, 1.165) is 38.8 Å². The molecule has 1 aliphatic carbocycles. The maximum atomic E-state index is 12.1. The minimum absolute atomic E-state index is 0.0340. The molecule has 0 aromatic heterocycles. The number of amides is 1. The maximum absolute atomic E-state index is 12.1. The smallest absolute Gasteiger partial charge is 0.303 e. The summed E-state index contributed by atoms with van der Waals surface area (Å²) in [6.07, 6.45) is 4.19. The fraction of sp³-hybridized carbons (Fsp3) is 0.867. The van der Waals surface area contributed by atoms with Crippen molar-refractivity contribution in [2.24, 2.45) is 5.41 Å². The first kappa shape index (κ1) is 16.2. The third-order valence-corrected chi connectivity index (χ3v) is 4.59. The molecule has 1 heterocycles. The van der Waals surface area contributed by atoms with Gasteiger partial charge in [0.1, 0.15) is 0 Å². The molecule has 0 aromatic carbocycles. The van der Waals surface area contributed by atoms with E-state index in [1.54, 1.807) is 0 Å². The Kier molecular flexibility index (Phi) is 5.58. The van der Waals surface area contributed by atoms with Crippen molar-refractivity contribution >= 4 is 11.9 Å². The van der Waals surface area contributed by atoms with Crippen LogP contribution in [0.4, 0.5) is 0 Å². The molecule has 0 spiro atoms. The van der Waals surface area contributed by atoms with Gasteiger partial charge in [0, 0.05) is 26.1 Å². The predicted molar refractivity (Wildman–Crippen MR) is 78.0 cm³/mol. The summed E-state index contributed by atoms with van der Waals surface area (Å²) in [7, 11) is 2.04. The number of rotatable bonds is 6. The molecule has 1 saturated carbocycles. The van der Waals surface area contributed by atoms with Crippen molar-refractivity contribution in [1.29, 1.82) is 0 Å². The molecule has 2 aliphatic rings. The number of hydrogen-bond donors (Lipinski definition) is 2. The standard InChI is InChI=1S/C15H26N2O4/c1-17-6-7-21-12(11-17)10-16-13(18)8-15(9-14(19)20)4-2-3-5-15/h12H,2-11H2,1H3,(H,16,18)(H,19,20). The lowest BCUT2D eigenvalue weighted by Crippen LogP contribution is -2.46. The number of carbonyl (C=O) groups excluding carboxylic acids is 1. The number of nitrogens with one attached hydrogen (secondary N) is 1. The molecule has 1 atom stereocenters. The molecule has 6 nitrogen and oxygen atoms in total. The summed E-state index contributed by atoms with van der Waals surface area (Å²) in [4.78, 5) is 25.3. The molecular formula is C15H26N2O4. The van der Waals surface area contributed by atoms with Gasteiger partial charge in [-0.1, -0.05) is 12.8 Å². The topological polar surface area (TPSA) is 78.9 Å². The Morgan fingerprint density at radius 2 is 2.05 bits per heavy atom. The van der Waals surface area contributed by atoms with Gasteiger partial charge < -0.3 is 20.1 Å².